The molecule has 20 heavy (non-hydrogen) atoms. The van der Waals surface area contributed by atoms with Crippen molar-refractivity contribution in [2.75, 3.05) is 19.7 Å². The first-order valence-electron chi connectivity index (χ1n) is 7.82. The molecule has 4 heteroatoms. The first-order chi connectivity index (χ1) is 9.69. The second-order valence-electron chi connectivity index (χ2n) is 6.26. The lowest BCUT2D eigenvalue weighted by atomic mass is 9.90. The maximum Gasteiger partial charge on any atom is 0.310 e. The summed E-state index contributed by atoms with van der Waals surface area (Å²) < 4.78 is 5.10. The van der Waals surface area contributed by atoms with Gasteiger partial charge in [0.2, 0.25) is 5.91 Å². The van der Waals surface area contributed by atoms with E-state index in [0.29, 0.717) is 25.0 Å². The molecule has 0 aromatic rings. The highest BCUT2D eigenvalue weighted by Crippen LogP contribution is 2.44. The summed E-state index contributed by atoms with van der Waals surface area (Å²) in [6.07, 6.45) is 8.37. The summed E-state index contributed by atoms with van der Waals surface area (Å²) in [7, 11) is 0. The van der Waals surface area contributed by atoms with Crippen LogP contribution < -0.4 is 0 Å². The molecule has 0 aromatic carbocycles. The molecule has 2 bridgehead atoms. The van der Waals surface area contributed by atoms with Crippen molar-refractivity contribution in [3.05, 3.63) is 12.2 Å². The lowest BCUT2D eigenvalue weighted by Gasteiger charge is -2.34. The Morgan fingerprint density at radius 3 is 2.80 bits per heavy atom. The minimum absolute atomic E-state index is 0.123. The monoisotopic (exact) mass is 277 g/mol. The Labute approximate surface area is 120 Å². The first kappa shape index (κ1) is 13.7. The second-order valence-corrected chi connectivity index (χ2v) is 6.26. The van der Waals surface area contributed by atoms with E-state index in [1.54, 1.807) is 0 Å². The molecule has 0 N–H and O–H groups in total. The molecule has 0 spiro atoms. The largest absolute Gasteiger partial charge is 0.466 e. The highest BCUT2D eigenvalue weighted by atomic mass is 16.5. The molecule has 2 fully saturated rings. The maximum atomic E-state index is 12.7. The van der Waals surface area contributed by atoms with E-state index in [9.17, 15) is 9.59 Å². The smallest absolute Gasteiger partial charge is 0.310 e. The molecule has 1 amide bonds. The van der Waals surface area contributed by atoms with Crippen LogP contribution in [0.3, 0.4) is 0 Å². The fourth-order valence-corrected chi connectivity index (χ4v) is 3.93. The van der Waals surface area contributed by atoms with E-state index in [1.807, 2.05) is 11.8 Å². The fourth-order valence-electron chi connectivity index (χ4n) is 3.93. The van der Waals surface area contributed by atoms with Gasteiger partial charge in [0.1, 0.15) is 0 Å². The van der Waals surface area contributed by atoms with Gasteiger partial charge in [0.25, 0.3) is 0 Å². The molecule has 1 aliphatic heterocycles. The van der Waals surface area contributed by atoms with Crippen LogP contribution in [0.1, 0.15) is 32.6 Å². The van der Waals surface area contributed by atoms with Crippen molar-refractivity contribution in [3.8, 4) is 0 Å². The van der Waals surface area contributed by atoms with Crippen LogP contribution in [0.4, 0.5) is 0 Å². The highest BCUT2D eigenvalue weighted by molar-refractivity contribution is 5.81. The van der Waals surface area contributed by atoms with Crippen molar-refractivity contribution in [1.82, 2.24) is 4.90 Å². The quantitative estimate of drug-likeness (QED) is 0.585. The van der Waals surface area contributed by atoms with Crippen LogP contribution in [0.25, 0.3) is 0 Å². The van der Waals surface area contributed by atoms with Gasteiger partial charge in [-0.1, -0.05) is 12.2 Å². The number of allylic oxidation sites excluding steroid dienone is 2. The summed E-state index contributed by atoms with van der Waals surface area (Å²) >= 11 is 0. The molecule has 3 rings (SSSR count). The zero-order valence-corrected chi connectivity index (χ0v) is 12.1. The fraction of sp³-hybridized carbons (Fsp3) is 0.750. The lowest BCUT2D eigenvalue weighted by molar-refractivity contribution is -0.152. The summed E-state index contributed by atoms with van der Waals surface area (Å²) in [6.45, 7) is 3.59. The predicted octanol–water partition coefficient (Wildman–Crippen LogP) is 2.00. The van der Waals surface area contributed by atoms with Gasteiger partial charge in [0, 0.05) is 19.0 Å². The van der Waals surface area contributed by atoms with Gasteiger partial charge in [-0.15, -0.1) is 0 Å². The van der Waals surface area contributed by atoms with Gasteiger partial charge < -0.3 is 9.64 Å². The normalized spacial score (nSPS) is 35.4. The molecule has 0 radical (unpaired) electrons. The van der Waals surface area contributed by atoms with E-state index in [-0.39, 0.29) is 23.7 Å². The average molecular weight is 277 g/mol. The number of nitrogens with zero attached hydrogens (tertiary/aromatic N) is 1. The van der Waals surface area contributed by atoms with Crippen molar-refractivity contribution < 1.29 is 14.3 Å². The number of fused-ring (bicyclic) bond motifs is 2. The molecule has 1 heterocycles. The number of piperidine rings is 1. The van der Waals surface area contributed by atoms with E-state index < -0.39 is 0 Å². The Hall–Kier alpha value is -1.32. The number of likely N-dealkylation sites (tertiary alicyclic amines) is 1. The van der Waals surface area contributed by atoms with Crippen molar-refractivity contribution in [2.45, 2.75) is 32.6 Å². The Kier molecular flexibility index (Phi) is 3.81. The molecular weight excluding hydrogens is 254 g/mol. The van der Waals surface area contributed by atoms with Crippen LogP contribution in [0.5, 0.6) is 0 Å². The van der Waals surface area contributed by atoms with Crippen LogP contribution in [0.15, 0.2) is 12.2 Å². The second kappa shape index (κ2) is 5.58. The molecule has 110 valence electrons. The Bertz CT molecular complexity index is 431. The van der Waals surface area contributed by atoms with Gasteiger partial charge >= 0.3 is 5.97 Å². The summed E-state index contributed by atoms with van der Waals surface area (Å²) in [5, 5.41) is 0. The summed E-state index contributed by atoms with van der Waals surface area (Å²) in [5.41, 5.74) is 0. The van der Waals surface area contributed by atoms with Gasteiger partial charge in [0.15, 0.2) is 0 Å². The topological polar surface area (TPSA) is 46.6 Å². The predicted molar refractivity (Wildman–Crippen MR) is 74.8 cm³/mol. The number of esters is 1. The molecule has 4 unspecified atom stereocenters. The number of hydrogen-bond acceptors (Lipinski definition) is 3. The van der Waals surface area contributed by atoms with Gasteiger partial charge in [-0.3, -0.25) is 9.59 Å². The van der Waals surface area contributed by atoms with Crippen LogP contribution in [-0.2, 0) is 14.3 Å². The summed E-state index contributed by atoms with van der Waals surface area (Å²) in [4.78, 5) is 26.4. The van der Waals surface area contributed by atoms with E-state index in [0.717, 1.165) is 32.2 Å². The SMILES string of the molecule is CCOC(=O)C1CCCN(C(=O)C2CC3C=CC2C3)C1. The maximum absolute atomic E-state index is 12.7. The van der Waals surface area contributed by atoms with Gasteiger partial charge in [0.05, 0.1) is 12.5 Å². The minimum atomic E-state index is -0.141. The number of amides is 1. The number of carbonyl (C=O) groups is 2. The third-order valence-electron chi connectivity index (χ3n) is 4.95. The van der Waals surface area contributed by atoms with Crippen molar-refractivity contribution in [3.63, 3.8) is 0 Å². The highest BCUT2D eigenvalue weighted by Gasteiger charge is 2.42. The molecule has 4 atom stereocenters. The van der Waals surface area contributed by atoms with Gasteiger partial charge in [-0.2, -0.15) is 0 Å². The number of carbonyl (C=O) groups excluding carboxylic acids is 2. The van der Waals surface area contributed by atoms with Crippen LogP contribution >= 0.6 is 0 Å². The molecule has 4 nitrogen and oxygen atoms in total. The minimum Gasteiger partial charge on any atom is -0.466 e. The Morgan fingerprint density at radius 1 is 1.30 bits per heavy atom. The van der Waals surface area contributed by atoms with Gasteiger partial charge in [-0.25, -0.2) is 0 Å². The van der Waals surface area contributed by atoms with Crippen molar-refractivity contribution >= 4 is 11.9 Å². The van der Waals surface area contributed by atoms with Crippen molar-refractivity contribution in [1.29, 1.82) is 0 Å². The van der Waals surface area contributed by atoms with E-state index >= 15 is 0 Å². The summed E-state index contributed by atoms with van der Waals surface area (Å²) in [5.74, 6) is 1.21. The number of rotatable bonds is 3. The van der Waals surface area contributed by atoms with E-state index in [4.69, 9.17) is 4.74 Å². The molecule has 0 aromatic heterocycles. The van der Waals surface area contributed by atoms with Crippen LogP contribution in [-0.4, -0.2) is 36.5 Å². The lowest BCUT2D eigenvalue weighted by Crippen LogP contribution is -2.46. The number of ether oxygens (including phenoxy) is 1. The third kappa shape index (κ3) is 2.48. The standard InChI is InChI=1S/C16H23NO3/c1-2-20-16(19)13-4-3-7-17(10-13)15(18)14-9-11-5-6-12(14)8-11/h5-6,11-14H,2-4,7-10H2,1H3. The zero-order valence-electron chi connectivity index (χ0n) is 12.1. The number of hydrogen-bond donors (Lipinski definition) is 0. The third-order valence-corrected chi connectivity index (χ3v) is 4.95. The van der Waals surface area contributed by atoms with E-state index in [2.05, 4.69) is 12.2 Å². The molecule has 2 aliphatic carbocycles. The molecular formula is C16H23NO3. The first-order valence-corrected chi connectivity index (χ1v) is 7.82. The van der Waals surface area contributed by atoms with E-state index in [1.165, 1.54) is 0 Å². The molecule has 3 aliphatic rings. The Balaban J connectivity index is 1.60. The van der Waals surface area contributed by atoms with Crippen LogP contribution in [0.2, 0.25) is 0 Å². The summed E-state index contributed by atoms with van der Waals surface area (Å²) in [6, 6.07) is 0. The molecule has 1 saturated heterocycles. The van der Waals surface area contributed by atoms with Crippen LogP contribution in [0, 0.1) is 23.7 Å². The van der Waals surface area contributed by atoms with Crippen molar-refractivity contribution in [2.24, 2.45) is 23.7 Å². The molecule has 1 saturated carbocycles. The average Bonchev–Trinajstić information content (AvgIpc) is 3.09. The zero-order chi connectivity index (χ0) is 14.1. The van der Waals surface area contributed by atoms with Gasteiger partial charge in [-0.05, 0) is 44.4 Å². The Morgan fingerprint density at radius 2 is 2.15 bits per heavy atom.